The van der Waals surface area contributed by atoms with Crippen molar-refractivity contribution in [2.75, 3.05) is 12.3 Å². The molecule has 1 amide bonds. The van der Waals surface area contributed by atoms with Gasteiger partial charge in [-0.1, -0.05) is 24.0 Å². The summed E-state index contributed by atoms with van der Waals surface area (Å²) in [6, 6.07) is 8.26. The number of carbonyl (C=O) groups excluding carboxylic acids is 1. The molecular weight excluding hydrogens is 461 g/mol. The number of nitrogens with one attached hydrogen (secondary N) is 1. The number of nitrogens with zero attached hydrogens (tertiary/aromatic N) is 2. The van der Waals surface area contributed by atoms with Crippen molar-refractivity contribution in [2.45, 2.75) is 12.7 Å². The van der Waals surface area contributed by atoms with Crippen LogP contribution in [0.3, 0.4) is 0 Å². The Labute approximate surface area is 193 Å². The molecule has 0 saturated carbocycles. The zero-order valence-electron chi connectivity index (χ0n) is 16.8. The second-order valence-electron chi connectivity index (χ2n) is 6.43. The predicted molar refractivity (Wildman–Crippen MR) is 116 cm³/mol. The quantitative estimate of drug-likeness (QED) is 0.470. The Hall–Kier alpha value is -3.81. The van der Waals surface area contributed by atoms with E-state index in [4.69, 9.17) is 5.73 Å². The van der Waals surface area contributed by atoms with Crippen molar-refractivity contribution in [3.8, 4) is 17.6 Å². The number of rotatable bonds is 6. The van der Waals surface area contributed by atoms with E-state index in [1.54, 1.807) is 6.07 Å². The summed E-state index contributed by atoms with van der Waals surface area (Å²) in [7, 11) is 0. The molecule has 2 aromatic carbocycles. The molecule has 4 N–H and O–H groups in total. The van der Waals surface area contributed by atoms with Crippen molar-refractivity contribution in [2.24, 2.45) is 0 Å². The number of halogens is 4. The van der Waals surface area contributed by atoms with Crippen LogP contribution in [0.1, 0.15) is 33.1 Å². The number of amides is 1. The third-order valence-electron chi connectivity index (χ3n) is 4.21. The summed E-state index contributed by atoms with van der Waals surface area (Å²) in [5.74, 6) is 4.00. The molecule has 0 spiro atoms. The highest BCUT2D eigenvalue weighted by molar-refractivity contribution is 5.95. The highest BCUT2D eigenvalue weighted by atomic mass is 35.5. The molecule has 0 aliphatic rings. The minimum Gasteiger partial charge on any atom is -0.434 e. The standard InChI is InChI=1S/C22H17F3N4O3.ClH/c23-17-3-1-2-14(9-17)18(12-30)29-20(31)16-6-7-19(32-21(24)25)15(8-16)5-4-13-10-27-22(26)28-11-13;/h1-3,6-11,18,21,30H,12H2,(H,29,31)(H2,26,27,28);1H. The Morgan fingerprint density at radius 3 is 2.52 bits per heavy atom. The van der Waals surface area contributed by atoms with E-state index in [1.807, 2.05) is 0 Å². The number of alkyl halides is 2. The number of anilines is 1. The number of hydrogen-bond donors (Lipinski definition) is 3. The number of aliphatic hydroxyl groups is 1. The first-order valence-electron chi connectivity index (χ1n) is 9.21. The Morgan fingerprint density at radius 1 is 1.15 bits per heavy atom. The fourth-order valence-corrected chi connectivity index (χ4v) is 2.71. The Bertz CT molecular complexity index is 1170. The van der Waals surface area contributed by atoms with Crippen molar-refractivity contribution in [3.63, 3.8) is 0 Å². The number of nitrogens with two attached hydrogens (primary N) is 1. The van der Waals surface area contributed by atoms with Gasteiger partial charge in [-0.2, -0.15) is 8.78 Å². The summed E-state index contributed by atoms with van der Waals surface area (Å²) in [5, 5.41) is 12.2. The van der Waals surface area contributed by atoms with Crippen LogP contribution in [0.2, 0.25) is 0 Å². The SMILES string of the molecule is Cl.Nc1ncc(C#Cc2cc(C(=O)NC(CO)c3cccc(F)c3)ccc2OC(F)F)cn1. The molecule has 33 heavy (non-hydrogen) atoms. The first-order valence-corrected chi connectivity index (χ1v) is 9.21. The summed E-state index contributed by atoms with van der Waals surface area (Å²) < 4.78 is 43.5. The van der Waals surface area contributed by atoms with Crippen LogP contribution in [0.5, 0.6) is 5.75 Å². The van der Waals surface area contributed by atoms with Crippen LogP contribution >= 0.6 is 12.4 Å². The molecule has 0 aliphatic heterocycles. The van der Waals surface area contributed by atoms with Crippen molar-refractivity contribution in [3.05, 3.63) is 82.9 Å². The van der Waals surface area contributed by atoms with E-state index in [0.717, 1.165) is 0 Å². The maximum Gasteiger partial charge on any atom is 0.387 e. The second-order valence-corrected chi connectivity index (χ2v) is 6.43. The van der Waals surface area contributed by atoms with Crippen LogP contribution in [0.25, 0.3) is 0 Å². The molecule has 1 heterocycles. The summed E-state index contributed by atoms with van der Waals surface area (Å²) in [4.78, 5) is 20.2. The smallest absolute Gasteiger partial charge is 0.387 e. The van der Waals surface area contributed by atoms with E-state index in [2.05, 4.69) is 31.9 Å². The van der Waals surface area contributed by atoms with Gasteiger partial charge in [0.2, 0.25) is 5.95 Å². The van der Waals surface area contributed by atoms with Gasteiger partial charge in [0.15, 0.2) is 0 Å². The zero-order chi connectivity index (χ0) is 23.1. The van der Waals surface area contributed by atoms with E-state index < -0.39 is 31.0 Å². The lowest BCUT2D eigenvalue weighted by atomic mass is 10.1. The van der Waals surface area contributed by atoms with Crippen LogP contribution < -0.4 is 15.8 Å². The Morgan fingerprint density at radius 2 is 1.88 bits per heavy atom. The number of aromatic nitrogens is 2. The van der Waals surface area contributed by atoms with Crippen molar-refractivity contribution in [1.82, 2.24) is 15.3 Å². The topological polar surface area (TPSA) is 110 Å². The number of nitrogen functional groups attached to an aromatic ring is 1. The summed E-state index contributed by atoms with van der Waals surface area (Å²) in [6.07, 6.45) is 2.70. The van der Waals surface area contributed by atoms with Gasteiger partial charge < -0.3 is 20.9 Å². The first-order chi connectivity index (χ1) is 15.4. The summed E-state index contributed by atoms with van der Waals surface area (Å²) in [5.41, 5.74) is 6.22. The van der Waals surface area contributed by atoms with Crippen molar-refractivity contribution in [1.29, 1.82) is 0 Å². The maximum atomic E-state index is 13.5. The van der Waals surface area contributed by atoms with Crippen molar-refractivity contribution < 1.29 is 27.8 Å². The number of hydrogen-bond acceptors (Lipinski definition) is 6. The van der Waals surface area contributed by atoms with Crippen LogP contribution in [-0.4, -0.2) is 34.2 Å². The largest absolute Gasteiger partial charge is 0.434 e. The molecule has 0 bridgehead atoms. The highest BCUT2D eigenvalue weighted by Crippen LogP contribution is 2.22. The highest BCUT2D eigenvalue weighted by Gasteiger charge is 2.17. The van der Waals surface area contributed by atoms with Gasteiger partial charge in [0.05, 0.1) is 23.8 Å². The normalized spacial score (nSPS) is 11.1. The molecule has 3 rings (SSSR count). The maximum absolute atomic E-state index is 13.5. The van der Waals surface area contributed by atoms with E-state index in [0.29, 0.717) is 11.1 Å². The molecule has 1 atom stereocenters. The van der Waals surface area contributed by atoms with Crippen LogP contribution in [0.4, 0.5) is 19.1 Å². The molecule has 172 valence electrons. The molecule has 0 aliphatic carbocycles. The Kier molecular flexibility index (Phi) is 9.03. The molecule has 0 saturated heterocycles. The number of carbonyl (C=O) groups is 1. The average Bonchev–Trinajstić information content (AvgIpc) is 2.77. The minimum absolute atomic E-state index is 0. The molecule has 11 heteroatoms. The lowest BCUT2D eigenvalue weighted by Gasteiger charge is -2.17. The molecule has 0 fully saturated rings. The van der Waals surface area contributed by atoms with Gasteiger partial charge in [0.1, 0.15) is 11.6 Å². The fraction of sp³-hybridized carbons (Fsp3) is 0.136. The van der Waals surface area contributed by atoms with E-state index in [9.17, 15) is 23.1 Å². The van der Waals surface area contributed by atoms with Gasteiger partial charge in [-0.05, 0) is 35.9 Å². The number of ether oxygens (including phenoxy) is 1. The minimum atomic E-state index is -3.10. The van der Waals surface area contributed by atoms with E-state index in [1.165, 1.54) is 48.8 Å². The average molecular weight is 479 g/mol. The summed E-state index contributed by atoms with van der Waals surface area (Å²) >= 11 is 0. The third-order valence-corrected chi connectivity index (χ3v) is 4.21. The fourth-order valence-electron chi connectivity index (χ4n) is 2.71. The van der Waals surface area contributed by atoms with Gasteiger partial charge in [-0.25, -0.2) is 14.4 Å². The van der Waals surface area contributed by atoms with E-state index in [-0.39, 0.29) is 35.2 Å². The van der Waals surface area contributed by atoms with Gasteiger partial charge in [-0.3, -0.25) is 4.79 Å². The van der Waals surface area contributed by atoms with Crippen LogP contribution in [-0.2, 0) is 0 Å². The number of benzene rings is 2. The zero-order valence-corrected chi connectivity index (χ0v) is 17.7. The van der Waals surface area contributed by atoms with Crippen LogP contribution in [0.15, 0.2) is 54.9 Å². The number of aliphatic hydroxyl groups excluding tert-OH is 1. The molecule has 1 aromatic heterocycles. The summed E-state index contributed by atoms with van der Waals surface area (Å²) in [6.45, 7) is -3.58. The predicted octanol–water partition coefficient (Wildman–Crippen LogP) is 3.08. The van der Waals surface area contributed by atoms with Gasteiger partial charge in [0, 0.05) is 18.0 Å². The monoisotopic (exact) mass is 478 g/mol. The molecule has 1 unspecified atom stereocenters. The second kappa shape index (κ2) is 11.7. The van der Waals surface area contributed by atoms with Crippen molar-refractivity contribution >= 4 is 24.3 Å². The van der Waals surface area contributed by atoms with Gasteiger partial charge >= 0.3 is 6.61 Å². The van der Waals surface area contributed by atoms with E-state index >= 15 is 0 Å². The Balaban J connectivity index is 0.00000385. The van der Waals surface area contributed by atoms with Gasteiger partial charge in [-0.15, -0.1) is 12.4 Å². The third kappa shape index (κ3) is 7.10. The molecule has 0 radical (unpaired) electrons. The van der Waals surface area contributed by atoms with Gasteiger partial charge in [0.25, 0.3) is 5.91 Å². The van der Waals surface area contributed by atoms with Crippen LogP contribution in [0, 0.1) is 17.7 Å². The molecule has 7 nitrogen and oxygen atoms in total. The molecular formula is C22H18ClF3N4O3. The molecule has 3 aromatic rings. The first kappa shape index (κ1) is 25.5. The lowest BCUT2D eigenvalue weighted by molar-refractivity contribution is -0.0500. The lowest BCUT2D eigenvalue weighted by Crippen LogP contribution is -2.30.